The number of hydrogen-bond donors (Lipinski definition) is 2. The third kappa shape index (κ3) is 6.33. The van der Waals surface area contributed by atoms with Gasteiger partial charge in [-0.25, -0.2) is 0 Å². The van der Waals surface area contributed by atoms with Gasteiger partial charge in [0.2, 0.25) is 5.91 Å². The van der Waals surface area contributed by atoms with Gasteiger partial charge in [0.05, 0.1) is 6.04 Å². The molecule has 0 saturated carbocycles. The van der Waals surface area contributed by atoms with Crippen molar-refractivity contribution in [3.63, 3.8) is 0 Å². The molecule has 0 aliphatic heterocycles. The SMILES string of the molecule is CN(C)CC(NC(=O)CCCC(=O)O)c1ccccc1. The Kier molecular flexibility index (Phi) is 6.73. The molecule has 0 heterocycles. The summed E-state index contributed by atoms with van der Waals surface area (Å²) in [6, 6.07) is 9.69. The zero-order chi connectivity index (χ0) is 15.0. The maximum atomic E-state index is 11.9. The quantitative estimate of drug-likeness (QED) is 0.759. The number of carboxylic acid groups (broad SMARTS) is 1. The average molecular weight is 278 g/mol. The highest BCUT2D eigenvalue weighted by molar-refractivity contribution is 5.77. The molecule has 5 nitrogen and oxygen atoms in total. The maximum Gasteiger partial charge on any atom is 0.303 e. The summed E-state index contributed by atoms with van der Waals surface area (Å²) in [6.07, 6.45) is 0.630. The predicted molar refractivity (Wildman–Crippen MR) is 77.4 cm³/mol. The Morgan fingerprint density at radius 2 is 1.85 bits per heavy atom. The summed E-state index contributed by atoms with van der Waals surface area (Å²) < 4.78 is 0. The highest BCUT2D eigenvalue weighted by Gasteiger charge is 2.15. The number of likely N-dealkylation sites (N-methyl/N-ethyl adjacent to an activating group) is 1. The van der Waals surface area contributed by atoms with Gasteiger partial charge in [-0.05, 0) is 26.1 Å². The van der Waals surface area contributed by atoms with E-state index in [0.29, 0.717) is 13.0 Å². The van der Waals surface area contributed by atoms with Crippen molar-refractivity contribution in [3.05, 3.63) is 35.9 Å². The van der Waals surface area contributed by atoms with Gasteiger partial charge in [0.25, 0.3) is 0 Å². The number of amides is 1. The largest absolute Gasteiger partial charge is 0.481 e. The molecule has 1 rings (SSSR count). The van der Waals surface area contributed by atoms with Gasteiger partial charge >= 0.3 is 5.97 Å². The predicted octanol–water partition coefficient (Wildman–Crippen LogP) is 1.66. The first-order chi connectivity index (χ1) is 9.49. The molecule has 2 N–H and O–H groups in total. The minimum atomic E-state index is -0.870. The molecule has 0 aliphatic carbocycles. The summed E-state index contributed by atoms with van der Waals surface area (Å²) in [6.45, 7) is 0.703. The van der Waals surface area contributed by atoms with Crippen LogP contribution in [-0.4, -0.2) is 42.5 Å². The van der Waals surface area contributed by atoms with Crippen molar-refractivity contribution in [1.82, 2.24) is 10.2 Å². The molecule has 110 valence electrons. The Bertz CT molecular complexity index is 432. The van der Waals surface area contributed by atoms with Crippen molar-refractivity contribution in [2.24, 2.45) is 0 Å². The van der Waals surface area contributed by atoms with E-state index in [-0.39, 0.29) is 24.8 Å². The lowest BCUT2D eigenvalue weighted by atomic mass is 10.1. The first kappa shape index (κ1) is 16.2. The number of carbonyl (C=O) groups excluding carboxylic acids is 1. The standard InChI is InChI=1S/C15H22N2O3/c1-17(2)11-13(12-7-4-3-5-8-12)16-14(18)9-6-10-15(19)20/h3-5,7-8,13H,6,9-11H2,1-2H3,(H,16,18)(H,19,20). The molecule has 5 heteroatoms. The van der Waals surface area contributed by atoms with Crippen molar-refractivity contribution in [1.29, 1.82) is 0 Å². The Balaban J connectivity index is 2.57. The monoisotopic (exact) mass is 278 g/mol. The number of hydrogen-bond acceptors (Lipinski definition) is 3. The molecule has 1 aromatic rings. The highest BCUT2D eigenvalue weighted by atomic mass is 16.4. The van der Waals surface area contributed by atoms with E-state index < -0.39 is 5.97 Å². The van der Waals surface area contributed by atoms with E-state index in [1.807, 2.05) is 49.3 Å². The molecule has 1 amide bonds. The van der Waals surface area contributed by atoms with Crippen molar-refractivity contribution >= 4 is 11.9 Å². The second kappa shape index (κ2) is 8.32. The van der Waals surface area contributed by atoms with Gasteiger partial charge in [0.1, 0.15) is 0 Å². The van der Waals surface area contributed by atoms with E-state index >= 15 is 0 Å². The Labute approximate surface area is 119 Å². The van der Waals surface area contributed by atoms with Crippen LogP contribution in [0, 0.1) is 0 Å². The van der Waals surface area contributed by atoms with Crippen LogP contribution in [0.1, 0.15) is 30.9 Å². The molecule has 0 fully saturated rings. The number of rotatable bonds is 8. The third-order valence-electron chi connectivity index (χ3n) is 2.88. The number of carboxylic acids is 1. The first-order valence-corrected chi connectivity index (χ1v) is 6.70. The molecule has 20 heavy (non-hydrogen) atoms. The second-order valence-corrected chi connectivity index (χ2v) is 5.04. The zero-order valence-corrected chi connectivity index (χ0v) is 12.0. The van der Waals surface area contributed by atoms with Crippen LogP contribution in [0.3, 0.4) is 0 Å². The van der Waals surface area contributed by atoms with Crippen molar-refractivity contribution in [2.45, 2.75) is 25.3 Å². The number of benzene rings is 1. The summed E-state index contributed by atoms with van der Waals surface area (Å²) in [4.78, 5) is 24.3. The van der Waals surface area contributed by atoms with Crippen LogP contribution in [0.15, 0.2) is 30.3 Å². The third-order valence-corrected chi connectivity index (χ3v) is 2.88. The van der Waals surface area contributed by atoms with Crippen LogP contribution in [0.25, 0.3) is 0 Å². The minimum Gasteiger partial charge on any atom is -0.481 e. The van der Waals surface area contributed by atoms with Gasteiger partial charge < -0.3 is 15.3 Å². The fourth-order valence-corrected chi connectivity index (χ4v) is 1.95. The lowest BCUT2D eigenvalue weighted by molar-refractivity contribution is -0.137. The van der Waals surface area contributed by atoms with Gasteiger partial charge in [-0.15, -0.1) is 0 Å². The summed E-state index contributed by atoms with van der Waals surface area (Å²) >= 11 is 0. The normalized spacial score (nSPS) is 12.2. The van der Waals surface area contributed by atoms with Crippen LogP contribution in [0.5, 0.6) is 0 Å². The van der Waals surface area contributed by atoms with Crippen LogP contribution in [0.2, 0.25) is 0 Å². The molecule has 0 aliphatic rings. The number of carbonyl (C=O) groups is 2. The van der Waals surface area contributed by atoms with Gasteiger partial charge in [0, 0.05) is 19.4 Å². The van der Waals surface area contributed by atoms with Gasteiger partial charge in [0.15, 0.2) is 0 Å². The molecular formula is C15H22N2O3. The summed E-state index contributed by atoms with van der Waals surface area (Å²) in [5.74, 6) is -0.979. The van der Waals surface area contributed by atoms with Crippen molar-refractivity contribution in [2.75, 3.05) is 20.6 Å². The van der Waals surface area contributed by atoms with Crippen LogP contribution < -0.4 is 5.32 Å². The fourth-order valence-electron chi connectivity index (χ4n) is 1.95. The lowest BCUT2D eigenvalue weighted by Gasteiger charge is -2.22. The number of aliphatic carboxylic acids is 1. The van der Waals surface area contributed by atoms with E-state index in [9.17, 15) is 9.59 Å². The summed E-state index contributed by atoms with van der Waals surface area (Å²) in [7, 11) is 3.90. The van der Waals surface area contributed by atoms with E-state index in [4.69, 9.17) is 5.11 Å². The molecular weight excluding hydrogens is 256 g/mol. The Morgan fingerprint density at radius 3 is 2.40 bits per heavy atom. The van der Waals surface area contributed by atoms with Crippen molar-refractivity contribution in [3.8, 4) is 0 Å². The van der Waals surface area contributed by atoms with E-state index in [1.165, 1.54) is 0 Å². The smallest absolute Gasteiger partial charge is 0.303 e. The van der Waals surface area contributed by atoms with Crippen LogP contribution in [-0.2, 0) is 9.59 Å². The van der Waals surface area contributed by atoms with E-state index in [0.717, 1.165) is 5.56 Å². The zero-order valence-electron chi connectivity index (χ0n) is 12.0. The molecule has 0 radical (unpaired) electrons. The van der Waals surface area contributed by atoms with Gasteiger partial charge in [-0.3, -0.25) is 9.59 Å². The molecule has 0 spiro atoms. The van der Waals surface area contributed by atoms with Gasteiger partial charge in [-0.1, -0.05) is 30.3 Å². The van der Waals surface area contributed by atoms with Crippen molar-refractivity contribution < 1.29 is 14.7 Å². The van der Waals surface area contributed by atoms with E-state index in [2.05, 4.69) is 5.32 Å². The molecule has 0 aromatic heterocycles. The van der Waals surface area contributed by atoms with Crippen LogP contribution in [0.4, 0.5) is 0 Å². The topological polar surface area (TPSA) is 69.6 Å². The second-order valence-electron chi connectivity index (χ2n) is 5.04. The van der Waals surface area contributed by atoms with Crippen LogP contribution >= 0.6 is 0 Å². The fraction of sp³-hybridized carbons (Fsp3) is 0.467. The Hall–Kier alpha value is -1.88. The summed E-state index contributed by atoms with van der Waals surface area (Å²) in [5, 5.41) is 11.5. The summed E-state index contributed by atoms with van der Waals surface area (Å²) in [5.41, 5.74) is 1.05. The maximum absolute atomic E-state index is 11.9. The average Bonchev–Trinajstić information content (AvgIpc) is 2.38. The highest BCUT2D eigenvalue weighted by Crippen LogP contribution is 2.13. The molecule has 0 saturated heterocycles. The molecule has 1 aromatic carbocycles. The van der Waals surface area contributed by atoms with E-state index in [1.54, 1.807) is 0 Å². The first-order valence-electron chi connectivity index (χ1n) is 6.70. The van der Waals surface area contributed by atoms with Gasteiger partial charge in [-0.2, -0.15) is 0 Å². The molecule has 1 atom stereocenters. The number of nitrogens with one attached hydrogen (secondary N) is 1. The Morgan fingerprint density at radius 1 is 1.20 bits per heavy atom. The number of nitrogens with zero attached hydrogens (tertiary/aromatic N) is 1. The lowest BCUT2D eigenvalue weighted by Crippen LogP contribution is -2.35. The minimum absolute atomic E-state index is 0.0249. The molecule has 1 unspecified atom stereocenters. The molecule has 0 bridgehead atoms.